The third kappa shape index (κ3) is 3.45. The molecule has 1 aliphatic heterocycles. The highest BCUT2D eigenvalue weighted by atomic mass is 32.2. The summed E-state index contributed by atoms with van der Waals surface area (Å²) >= 11 is 0. The molecule has 1 aliphatic rings. The van der Waals surface area contributed by atoms with E-state index in [1.807, 2.05) is 19.9 Å². The van der Waals surface area contributed by atoms with Crippen LogP contribution in [-0.2, 0) is 10.0 Å². The molecule has 0 unspecified atom stereocenters. The van der Waals surface area contributed by atoms with Gasteiger partial charge in [0.1, 0.15) is 5.76 Å². The SMILES string of the molecule is Cc1noc(C)c1-c1cnc(C2CCN(S(=O)(=O)c3ccccc3)CC2)cn1. The van der Waals surface area contributed by atoms with Crippen LogP contribution in [0.25, 0.3) is 11.3 Å². The fourth-order valence-electron chi connectivity index (χ4n) is 3.66. The van der Waals surface area contributed by atoms with E-state index in [-0.39, 0.29) is 5.92 Å². The van der Waals surface area contributed by atoms with Crippen molar-refractivity contribution in [3.8, 4) is 11.3 Å². The second kappa shape index (κ2) is 7.44. The molecule has 0 aliphatic carbocycles. The van der Waals surface area contributed by atoms with Crippen LogP contribution >= 0.6 is 0 Å². The van der Waals surface area contributed by atoms with E-state index in [0.717, 1.165) is 41.2 Å². The van der Waals surface area contributed by atoms with Crippen molar-refractivity contribution in [2.75, 3.05) is 13.1 Å². The molecular weight excluding hydrogens is 376 g/mol. The lowest BCUT2D eigenvalue weighted by molar-refractivity contribution is 0.316. The molecule has 0 saturated carbocycles. The zero-order valence-electron chi connectivity index (χ0n) is 15.9. The number of sulfonamides is 1. The number of aryl methyl sites for hydroxylation is 2. The van der Waals surface area contributed by atoms with Gasteiger partial charge in [0.15, 0.2) is 0 Å². The van der Waals surface area contributed by atoms with Crippen molar-refractivity contribution in [3.05, 3.63) is 59.9 Å². The molecule has 146 valence electrons. The van der Waals surface area contributed by atoms with E-state index in [9.17, 15) is 8.42 Å². The normalized spacial score (nSPS) is 16.4. The van der Waals surface area contributed by atoms with Gasteiger partial charge in [-0.15, -0.1) is 0 Å². The average molecular weight is 398 g/mol. The summed E-state index contributed by atoms with van der Waals surface area (Å²) in [5, 5.41) is 3.96. The van der Waals surface area contributed by atoms with Crippen LogP contribution in [0.3, 0.4) is 0 Å². The van der Waals surface area contributed by atoms with Crippen molar-refractivity contribution >= 4 is 10.0 Å². The first kappa shape index (κ1) is 18.8. The first-order chi connectivity index (χ1) is 13.5. The van der Waals surface area contributed by atoms with Gasteiger partial charge in [0, 0.05) is 25.2 Å². The molecule has 0 amide bonds. The van der Waals surface area contributed by atoms with Crippen LogP contribution in [0.5, 0.6) is 0 Å². The van der Waals surface area contributed by atoms with E-state index in [4.69, 9.17) is 4.52 Å². The highest BCUT2D eigenvalue weighted by Crippen LogP contribution is 2.31. The number of piperidine rings is 1. The number of nitrogens with zero attached hydrogens (tertiary/aromatic N) is 4. The minimum absolute atomic E-state index is 0.202. The first-order valence-electron chi connectivity index (χ1n) is 9.27. The molecule has 1 aromatic carbocycles. The fourth-order valence-corrected chi connectivity index (χ4v) is 5.15. The molecule has 0 bridgehead atoms. The van der Waals surface area contributed by atoms with E-state index in [1.54, 1.807) is 41.0 Å². The van der Waals surface area contributed by atoms with Gasteiger partial charge in [-0.25, -0.2) is 8.42 Å². The van der Waals surface area contributed by atoms with Gasteiger partial charge in [-0.2, -0.15) is 4.31 Å². The van der Waals surface area contributed by atoms with E-state index in [2.05, 4.69) is 15.1 Å². The van der Waals surface area contributed by atoms with Crippen molar-refractivity contribution in [2.45, 2.75) is 37.5 Å². The van der Waals surface area contributed by atoms with Crippen LogP contribution in [0, 0.1) is 13.8 Å². The van der Waals surface area contributed by atoms with Crippen LogP contribution in [0.1, 0.15) is 35.9 Å². The Labute approximate surface area is 164 Å². The van der Waals surface area contributed by atoms with Crippen LogP contribution in [-0.4, -0.2) is 40.9 Å². The molecule has 4 rings (SSSR count). The van der Waals surface area contributed by atoms with Crippen LogP contribution < -0.4 is 0 Å². The third-order valence-corrected chi connectivity index (χ3v) is 7.13. The highest BCUT2D eigenvalue weighted by Gasteiger charge is 2.30. The topological polar surface area (TPSA) is 89.2 Å². The van der Waals surface area contributed by atoms with Gasteiger partial charge >= 0.3 is 0 Å². The predicted molar refractivity (Wildman–Crippen MR) is 104 cm³/mol. The number of benzene rings is 1. The molecule has 7 nitrogen and oxygen atoms in total. The molecule has 0 N–H and O–H groups in total. The number of rotatable bonds is 4. The Kier molecular flexibility index (Phi) is 4.99. The number of hydrogen-bond donors (Lipinski definition) is 0. The quantitative estimate of drug-likeness (QED) is 0.670. The van der Waals surface area contributed by atoms with Gasteiger partial charge in [0.25, 0.3) is 0 Å². The second-order valence-corrected chi connectivity index (χ2v) is 8.96. The Morgan fingerprint density at radius 2 is 1.75 bits per heavy atom. The summed E-state index contributed by atoms with van der Waals surface area (Å²) in [6.07, 6.45) is 4.99. The molecule has 1 saturated heterocycles. The molecule has 0 radical (unpaired) electrons. The Morgan fingerprint density at radius 1 is 1.04 bits per heavy atom. The van der Waals surface area contributed by atoms with Crippen molar-refractivity contribution in [2.24, 2.45) is 0 Å². The maximum absolute atomic E-state index is 12.8. The molecule has 3 aromatic rings. The Bertz CT molecular complexity index is 1040. The lowest BCUT2D eigenvalue weighted by Crippen LogP contribution is -2.38. The fraction of sp³-hybridized carbons (Fsp3) is 0.350. The summed E-state index contributed by atoms with van der Waals surface area (Å²) < 4.78 is 32.3. The van der Waals surface area contributed by atoms with E-state index >= 15 is 0 Å². The summed E-state index contributed by atoms with van der Waals surface area (Å²) in [7, 11) is -3.43. The summed E-state index contributed by atoms with van der Waals surface area (Å²) in [5.74, 6) is 0.924. The zero-order chi connectivity index (χ0) is 19.7. The summed E-state index contributed by atoms with van der Waals surface area (Å²) in [6, 6.07) is 8.59. The predicted octanol–water partition coefficient (Wildman–Crippen LogP) is 3.32. The van der Waals surface area contributed by atoms with Crippen LogP contribution in [0.2, 0.25) is 0 Å². The first-order valence-corrected chi connectivity index (χ1v) is 10.7. The lowest BCUT2D eigenvalue weighted by atomic mass is 9.95. The average Bonchev–Trinajstić information content (AvgIpc) is 3.07. The minimum Gasteiger partial charge on any atom is -0.361 e. The molecule has 8 heteroatoms. The number of aromatic nitrogens is 3. The highest BCUT2D eigenvalue weighted by molar-refractivity contribution is 7.89. The molecule has 0 atom stereocenters. The van der Waals surface area contributed by atoms with Crippen LogP contribution in [0.15, 0.2) is 52.1 Å². The molecule has 2 aromatic heterocycles. The van der Waals surface area contributed by atoms with E-state index < -0.39 is 10.0 Å². The molecule has 1 fully saturated rings. The summed E-state index contributed by atoms with van der Waals surface area (Å²) in [5.41, 5.74) is 3.30. The molecule has 3 heterocycles. The van der Waals surface area contributed by atoms with Crippen molar-refractivity contribution in [1.82, 2.24) is 19.4 Å². The Balaban J connectivity index is 1.46. The van der Waals surface area contributed by atoms with Gasteiger partial charge in [-0.05, 0) is 38.8 Å². The zero-order valence-corrected chi connectivity index (χ0v) is 16.7. The maximum atomic E-state index is 12.8. The van der Waals surface area contributed by atoms with E-state index in [0.29, 0.717) is 18.0 Å². The maximum Gasteiger partial charge on any atom is 0.243 e. The second-order valence-electron chi connectivity index (χ2n) is 7.02. The summed E-state index contributed by atoms with van der Waals surface area (Å²) in [6.45, 7) is 4.70. The lowest BCUT2D eigenvalue weighted by Gasteiger charge is -2.30. The van der Waals surface area contributed by atoms with Gasteiger partial charge in [-0.3, -0.25) is 9.97 Å². The van der Waals surface area contributed by atoms with Crippen molar-refractivity contribution < 1.29 is 12.9 Å². The van der Waals surface area contributed by atoms with Gasteiger partial charge < -0.3 is 4.52 Å². The molecule has 28 heavy (non-hydrogen) atoms. The van der Waals surface area contributed by atoms with Gasteiger partial charge in [0.05, 0.1) is 33.7 Å². The third-order valence-electron chi connectivity index (χ3n) is 5.21. The smallest absolute Gasteiger partial charge is 0.243 e. The Morgan fingerprint density at radius 3 is 2.32 bits per heavy atom. The Hall–Kier alpha value is -2.58. The molecular formula is C20H22N4O3S. The van der Waals surface area contributed by atoms with Gasteiger partial charge in [-0.1, -0.05) is 23.4 Å². The van der Waals surface area contributed by atoms with Crippen LogP contribution in [0.4, 0.5) is 0 Å². The summed E-state index contributed by atoms with van der Waals surface area (Å²) in [4.78, 5) is 9.47. The van der Waals surface area contributed by atoms with Crippen molar-refractivity contribution in [3.63, 3.8) is 0 Å². The van der Waals surface area contributed by atoms with Crippen molar-refractivity contribution in [1.29, 1.82) is 0 Å². The number of hydrogen-bond acceptors (Lipinski definition) is 6. The standard InChI is InChI=1S/C20H22N4O3S/c1-14-20(15(2)27-23-14)19-13-21-18(12-22-19)16-8-10-24(11-9-16)28(25,26)17-6-4-3-5-7-17/h3-7,12-13,16H,8-11H2,1-2H3. The van der Waals surface area contributed by atoms with Gasteiger partial charge in [0.2, 0.25) is 10.0 Å². The minimum atomic E-state index is -3.43. The molecule has 0 spiro atoms. The largest absolute Gasteiger partial charge is 0.361 e. The monoisotopic (exact) mass is 398 g/mol. The van der Waals surface area contributed by atoms with E-state index in [1.165, 1.54) is 0 Å².